The third kappa shape index (κ3) is 14.2. The molecule has 10 nitrogen and oxygen atoms in total. The largest absolute Gasteiger partial charge is 0.309 e. The van der Waals surface area contributed by atoms with Crippen LogP contribution in [0.1, 0.15) is 0 Å². The molecule has 0 aliphatic heterocycles. The van der Waals surface area contributed by atoms with Crippen molar-refractivity contribution in [1.82, 2.24) is 47.3 Å². The van der Waals surface area contributed by atoms with Crippen molar-refractivity contribution in [2.45, 2.75) is 0 Å². The van der Waals surface area contributed by atoms with E-state index in [1.165, 1.54) is 170 Å². The van der Waals surface area contributed by atoms with Gasteiger partial charge in [-0.2, -0.15) is 0 Å². The van der Waals surface area contributed by atoms with E-state index in [-0.39, 0.29) is 0 Å². The zero-order valence-corrected chi connectivity index (χ0v) is 78.5. The lowest BCUT2D eigenvalue weighted by molar-refractivity contribution is 1.14. The van der Waals surface area contributed by atoms with E-state index in [0.717, 1.165) is 80.6 Å². The summed E-state index contributed by atoms with van der Waals surface area (Å²) in [5, 5.41) is 21.1. The summed E-state index contributed by atoms with van der Waals surface area (Å²) in [5.74, 6) is 0. The van der Waals surface area contributed by atoms with Gasteiger partial charge in [-0.05, 0) is 160 Å². The minimum absolute atomic E-state index is 0.976. The zero-order chi connectivity index (χ0) is 93.0. The van der Waals surface area contributed by atoms with Crippen molar-refractivity contribution in [2.24, 2.45) is 0 Å². The van der Waals surface area contributed by atoms with Crippen molar-refractivity contribution in [3.05, 3.63) is 498 Å². The van der Waals surface area contributed by atoms with E-state index in [0.29, 0.717) is 0 Å². The van der Waals surface area contributed by atoms with Gasteiger partial charge in [-0.3, -0.25) is 18.7 Å². The SMILES string of the molecule is c1ccc(-c2ccc3c(c2)c2c(ccc4c5cc(-c6ccccc6)ccc5n(-c5sc(-c6ccccc6)nc5-c5ccccc5)c42)n3-c2ccccc2)cc1.c1ccc(-c2ccc3c(c2)c2ccc4c(c5ccc(-c6ccccc6)cc5n4-c4ccccc4)c2n3-c2cnc(-c3ccccc3)s2)cc1.c1ccc(-c2ncc(-n3c4ccccc4c4cc5c(cc43)c3ccccc3n5-c3cccnc3)s2)cc1. The summed E-state index contributed by atoms with van der Waals surface area (Å²) in [4.78, 5) is 19.6. The molecule has 662 valence electrons. The molecule has 19 aromatic carbocycles. The second-order valence-electron chi connectivity index (χ2n) is 35.6. The third-order valence-electron chi connectivity index (χ3n) is 27.5. The molecular formula is C128H82N10S3. The molecule has 10 aromatic heterocycles. The molecule has 0 spiro atoms. The highest BCUT2D eigenvalue weighted by molar-refractivity contribution is 7.18. The Bertz CT molecular complexity index is 9820. The summed E-state index contributed by atoms with van der Waals surface area (Å²) in [6.07, 6.45) is 7.80. The highest BCUT2D eigenvalue weighted by Gasteiger charge is 2.29. The number of hydrogen-bond donors (Lipinski definition) is 0. The number of nitrogens with zero attached hydrogens (tertiary/aromatic N) is 10. The van der Waals surface area contributed by atoms with Gasteiger partial charge in [-0.1, -0.05) is 392 Å². The molecule has 0 N–H and O–H groups in total. The van der Waals surface area contributed by atoms with Gasteiger partial charge in [-0.15, -0.1) is 0 Å². The van der Waals surface area contributed by atoms with Crippen LogP contribution in [0.15, 0.2) is 498 Å². The van der Waals surface area contributed by atoms with Crippen molar-refractivity contribution in [3.8, 4) is 120 Å². The maximum absolute atomic E-state index is 5.43. The van der Waals surface area contributed by atoms with Crippen LogP contribution in [-0.2, 0) is 0 Å². The monoisotopic (exact) mass is 1850 g/mol. The van der Waals surface area contributed by atoms with Crippen LogP contribution in [-0.4, -0.2) is 47.3 Å². The summed E-state index contributed by atoms with van der Waals surface area (Å²) in [5.41, 5.74) is 32.6. The molecule has 0 fully saturated rings. The zero-order valence-electron chi connectivity index (χ0n) is 76.0. The molecule has 13 heteroatoms. The summed E-state index contributed by atoms with van der Waals surface area (Å²) in [7, 11) is 0. The van der Waals surface area contributed by atoms with Crippen LogP contribution >= 0.6 is 34.0 Å². The Morgan fingerprint density at radius 2 is 0.504 bits per heavy atom. The van der Waals surface area contributed by atoms with E-state index >= 15 is 0 Å². The lowest BCUT2D eigenvalue weighted by Crippen LogP contribution is -1.95. The Kier molecular flexibility index (Phi) is 20.3. The molecule has 29 rings (SSSR count). The van der Waals surface area contributed by atoms with Crippen LogP contribution < -0.4 is 0 Å². The van der Waals surface area contributed by atoms with Gasteiger partial charge < -0.3 is 13.7 Å². The van der Waals surface area contributed by atoms with E-state index in [1.54, 1.807) is 34.0 Å². The minimum Gasteiger partial charge on any atom is -0.309 e. The summed E-state index contributed by atoms with van der Waals surface area (Å²) >= 11 is 5.22. The number of pyridine rings is 1. The van der Waals surface area contributed by atoms with Crippen LogP contribution in [0.25, 0.3) is 250 Å². The summed E-state index contributed by atoms with van der Waals surface area (Å²) < 4.78 is 14.5. The van der Waals surface area contributed by atoms with E-state index in [9.17, 15) is 0 Å². The molecule has 0 bridgehead atoms. The predicted molar refractivity (Wildman–Crippen MR) is 594 cm³/mol. The molecule has 0 amide bonds. The van der Waals surface area contributed by atoms with Crippen molar-refractivity contribution >= 4 is 165 Å². The smallest absolute Gasteiger partial charge is 0.129 e. The van der Waals surface area contributed by atoms with Crippen LogP contribution in [0.2, 0.25) is 0 Å². The molecule has 10 heterocycles. The molecule has 0 aliphatic carbocycles. The quantitative estimate of drug-likeness (QED) is 0.109. The Balaban J connectivity index is 0.000000108. The van der Waals surface area contributed by atoms with Crippen molar-refractivity contribution in [3.63, 3.8) is 0 Å². The van der Waals surface area contributed by atoms with Gasteiger partial charge in [-0.25, -0.2) is 15.0 Å². The average Bonchev–Trinajstić information content (AvgIpc) is 1.54. The number of fused-ring (bicyclic) bond motifs is 20. The van der Waals surface area contributed by atoms with Gasteiger partial charge in [0.2, 0.25) is 0 Å². The molecule has 141 heavy (non-hydrogen) atoms. The maximum atomic E-state index is 5.43. The highest BCUT2D eigenvalue weighted by Crippen LogP contribution is 2.51. The number of aromatic nitrogens is 10. The van der Waals surface area contributed by atoms with Gasteiger partial charge >= 0.3 is 0 Å². The predicted octanol–water partition coefficient (Wildman–Crippen LogP) is 34.7. The van der Waals surface area contributed by atoms with Gasteiger partial charge in [0, 0.05) is 104 Å². The lowest BCUT2D eigenvalue weighted by Gasteiger charge is -2.10. The van der Waals surface area contributed by atoms with E-state index in [1.807, 2.05) is 36.9 Å². The van der Waals surface area contributed by atoms with Gasteiger partial charge in [0.25, 0.3) is 0 Å². The Morgan fingerprint density at radius 1 is 0.177 bits per heavy atom. The summed E-state index contributed by atoms with van der Waals surface area (Å²) in [6.45, 7) is 0. The van der Waals surface area contributed by atoms with Crippen LogP contribution in [0.5, 0.6) is 0 Å². The number of rotatable bonds is 14. The maximum Gasteiger partial charge on any atom is 0.129 e. The van der Waals surface area contributed by atoms with Crippen LogP contribution in [0.3, 0.4) is 0 Å². The van der Waals surface area contributed by atoms with Crippen LogP contribution in [0, 0.1) is 0 Å². The summed E-state index contributed by atoms with van der Waals surface area (Å²) in [6, 6.07) is 169. The first-order valence-electron chi connectivity index (χ1n) is 47.4. The van der Waals surface area contributed by atoms with Crippen molar-refractivity contribution in [1.29, 1.82) is 0 Å². The molecule has 0 unspecified atom stereocenters. The molecule has 29 aromatic rings. The first-order chi connectivity index (χ1) is 70.0. The Morgan fingerprint density at radius 3 is 0.986 bits per heavy atom. The number of thiazole rings is 3. The first kappa shape index (κ1) is 82.5. The molecule has 0 aliphatic rings. The number of para-hydroxylation sites is 4. The fraction of sp³-hybridized carbons (Fsp3) is 0. The Labute approximate surface area is 823 Å². The first-order valence-corrected chi connectivity index (χ1v) is 49.9. The lowest BCUT2D eigenvalue weighted by atomic mass is 10.0. The van der Waals surface area contributed by atoms with E-state index in [2.05, 4.69) is 493 Å². The molecule has 0 atom stereocenters. The highest BCUT2D eigenvalue weighted by atomic mass is 32.1. The van der Waals surface area contributed by atoms with E-state index in [4.69, 9.17) is 15.0 Å². The molecule has 0 radical (unpaired) electrons. The van der Waals surface area contributed by atoms with Crippen LogP contribution in [0.4, 0.5) is 0 Å². The Hall–Kier alpha value is -18.0. The molecular weight excluding hydrogens is 1770 g/mol. The normalized spacial score (nSPS) is 11.7. The standard InChI is InChI=1S/C51H33N3S.C45H29N3S.C32H20N4S/c1-6-16-34(17-7-1)38-26-29-44-42(32-38)41-28-31-46-47(43-33-39(35-18-8-2-9-19-35)27-30-45(43)53(46)40-24-14-5-15-25-40)49(41)54(44)51-48(36-20-10-3-11-21-36)52-50(55-51)37-22-12-4-13-23-37;1-5-13-30(14-6-1)33-22-25-39-38(27-33)36-24-26-40-43(44(36)48(39)42-29-46-45(49-42)32-17-9-3-10-18-32)37-23-21-34(31-15-7-2-8-16-31)28-41(37)47(40)35-19-11-4-12-20-35;1-2-9-21(10-3-1)32-34-20-31(37-32)36-28-15-7-5-13-24(28)26-17-29-25(18-30(26)36)23-12-4-6-14-27(23)35(29)22-11-8-16-33-19-22/h1-33H;1-29H;1-20H. The second kappa shape index (κ2) is 34.7. The average molecular weight is 1860 g/mol. The van der Waals surface area contributed by atoms with Gasteiger partial charge in [0.1, 0.15) is 35.7 Å². The second-order valence-corrected chi connectivity index (χ2v) is 38.6. The minimum atomic E-state index is 0.976. The van der Waals surface area contributed by atoms with Crippen molar-refractivity contribution in [2.75, 3.05) is 0 Å². The topological polar surface area (TPSA) is 81.1 Å². The fourth-order valence-corrected chi connectivity index (χ4v) is 24.2. The van der Waals surface area contributed by atoms with E-state index < -0.39 is 0 Å². The number of benzene rings is 19. The van der Waals surface area contributed by atoms with Gasteiger partial charge in [0.05, 0.1) is 90.5 Å². The van der Waals surface area contributed by atoms with Gasteiger partial charge in [0.15, 0.2) is 0 Å². The molecule has 0 saturated carbocycles. The third-order valence-corrected chi connectivity index (χ3v) is 30.6. The molecule has 0 saturated heterocycles. The fourth-order valence-electron chi connectivity index (χ4n) is 21.2. The number of hydrogen-bond acceptors (Lipinski definition) is 7. The van der Waals surface area contributed by atoms with Crippen molar-refractivity contribution < 1.29 is 0 Å².